The first kappa shape index (κ1) is 15.4. The summed E-state index contributed by atoms with van der Waals surface area (Å²) in [5, 5.41) is 0. The third-order valence-electron chi connectivity index (χ3n) is 5.50. The fourth-order valence-corrected chi connectivity index (χ4v) is 4.42. The molecule has 1 aromatic carbocycles. The Morgan fingerprint density at radius 3 is 1.96 bits per heavy atom. The third kappa shape index (κ3) is 2.62. The number of carbonyl (C=O) groups is 1. The number of hydrogen-bond donors (Lipinski definition) is 1. The largest absolute Gasteiger partial charge is 0.369 e. The molecular formula is C21H24N2O. The van der Waals surface area contributed by atoms with Crippen LogP contribution in [0, 0.1) is 0 Å². The van der Waals surface area contributed by atoms with E-state index in [1.165, 1.54) is 53.8 Å². The van der Waals surface area contributed by atoms with Gasteiger partial charge in [-0.25, -0.2) is 0 Å². The van der Waals surface area contributed by atoms with E-state index in [4.69, 9.17) is 10.7 Å². The molecule has 0 fully saturated rings. The van der Waals surface area contributed by atoms with E-state index in [0.717, 1.165) is 31.2 Å². The van der Waals surface area contributed by atoms with Gasteiger partial charge in [0.15, 0.2) is 0 Å². The number of pyridine rings is 1. The Kier molecular flexibility index (Phi) is 4.09. The Balaban J connectivity index is 1.96. The zero-order valence-corrected chi connectivity index (χ0v) is 14.1. The summed E-state index contributed by atoms with van der Waals surface area (Å²) in [6.07, 6.45) is 8.89. The maximum absolute atomic E-state index is 12.5. The molecule has 0 bridgehead atoms. The molecule has 0 saturated heterocycles. The smallest absolute Gasteiger partial charge is 0.229 e. The Morgan fingerprint density at radius 1 is 0.875 bits per heavy atom. The number of benzene rings is 1. The van der Waals surface area contributed by atoms with E-state index in [1.807, 2.05) is 30.3 Å². The molecule has 0 radical (unpaired) electrons. The van der Waals surface area contributed by atoms with Crippen LogP contribution in [0.1, 0.15) is 65.2 Å². The van der Waals surface area contributed by atoms with Crippen molar-refractivity contribution in [1.82, 2.24) is 4.98 Å². The SMILES string of the molecule is NC(=O)C(c1ccccc1)c1c2c(nc3c1CCCC3)CCCC2. The fraction of sp³-hybridized carbons (Fsp3) is 0.429. The molecule has 0 saturated carbocycles. The van der Waals surface area contributed by atoms with E-state index in [1.54, 1.807) is 0 Å². The van der Waals surface area contributed by atoms with Gasteiger partial charge in [-0.3, -0.25) is 9.78 Å². The number of amides is 1. The lowest BCUT2D eigenvalue weighted by Gasteiger charge is -2.30. The van der Waals surface area contributed by atoms with Crippen molar-refractivity contribution in [2.75, 3.05) is 0 Å². The first-order chi connectivity index (χ1) is 11.8. The second kappa shape index (κ2) is 6.39. The summed E-state index contributed by atoms with van der Waals surface area (Å²) in [7, 11) is 0. The number of aromatic nitrogens is 1. The van der Waals surface area contributed by atoms with Gasteiger partial charge in [-0.05, 0) is 73.6 Å². The van der Waals surface area contributed by atoms with Crippen molar-refractivity contribution in [2.45, 2.75) is 57.3 Å². The molecular weight excluding hydrogens is 296 g/mol. The first-order valence-corrected chi connectivity index (χ1v) is 9.13. The monoisotopic (exact) mass is 320 g/mol. The fourth-order valence-electron chi connectivity index (χ4n) is 4.42. The molecule has 2 aliphatic carbocycles. The minimum atomic E-state index is -0.340. The normalized spacial score (nSPS) is 17.7. The molecule has 2 N–H and O–H groups in total. The van der Waals surface area contributed by atoms with Gasteiger partial charge in [0, 0.05) is 11.4 Å². The maximum atomic E-state index is 12.5. The average molecular weight is 320 g/mol. The van der Waals surface area contributed by atoms with Crippen molar-refractivity contribution in [1.29, 1.82) is 0 Å². The van der Waals surface area contributed by atoms with Crippen LogP contribution in [-0.4, -0.2) is 10.9 Å². The lowest BCUT2D eigenvalue weighted by molar-refractivity contribution is -0.118. The van der Waals surface area contributed by atoms with Crippen LogP contribution in [0.25, 0.3) is 0 Å². The predicted octanol–water partition coefficient (Wildman–Crippen LogP) is 3.46. The number of carbonyl (C=O) groups excluding carboxylic acids is 1. The highest BCUT2D eigenvalue weighted by Crippen LogP contribution is 2.38. The molecule has 124 valence electrons. The van der Waals surface area contributed by atoms with E-state index in [-0.39, 0.29) is 11.8 Å². The third-order valence-corrected chi connectivity index (χ3v) is 5.50. The van der Waals surface area contributed by atoms with Gasteiger partial charge in [0.1, 0.15) is 0 Å². The van der Waals surface area contributed by atoms with Crippen LogP contribution >= 0.6 is 0 Å². The minimum Gasteiger partial charge on any atom is -0.369 e. The van der Waals surface area contributed by atoms with Crippen LogP contribution in [0.5, 0.6) is 0 Å². The summed E-state index contributed by atoms with van der Waals surface area (Å²) in [6.45, 7) is 0. The summed E-state index contributed by atoms with van der Waals surface area (Å²) < 4.78 is 0. The number of primary amides is 1. The number of nitrogens with two attached hydrogens (primary N) is 1. The number of fused-ring (bicyclic) bond motifs is 2. The van der Waals surface area contributed by atoms with Gasteiger partial charge < -0.3 is 5.73 Å². The summed E-state index contributed by atoms with van der Waals surface area (Å²) in [4.78, 5) is 17.5. The van der Waals surface area contributed by atoms with E-state index in [2.05, 4.69) is 0 Å². The van der Waals surface area contributed by atoms with Gasteiger partial charge in [0.2, 0.25) is 5.91 Å². The lowest BCUT2D eigenvalue weighted by atomic mass is 9.77. The lowest BCUT2D eigenvalue weighted by Crippen LogP contribution is -2.28. The minimum absolute atomic E-state index is 0.243. The van der Waals surface area contributed by atoms with Crippen LogP contribution < -0.4 is 5.73 Å². The molecule has 3 nitrogen and oxygen atoms in total. The van der Waals surface area contributed by atoms with Crippen LogP contribution in [0.4, 0.5) is 0 Å². The number of rotatable bonds is 3. The van der Waals surface area contributed by atoms with Gasteiger partial charge in [-0.2, -0.15) is 0 Å². The average Bonchev–Trinajstić information content (AvgIpc) is 2.62. The summed E-state index contributed by atoms with van der Waals surface area (Å²) >= 11 is 0. The molecule has 4 rings (SSSR count). The molecule has 1 aromatic heterocycles. The van der Waals surface area contributed by atoms with Crippen molar-refractivity contribution < 1.29 is 4.79 Å². The molecule has 1 atom stereocenters. The highest BCUT2D eigenvalue weighted by atomic mass is 16.1. The standard InChI is InChI=1S/C21H24N2O/c22-21(24)19(14-8-2-1-3-9-14)20-15-10-4-6-12-17(15)23-18-13-7-5-11-16(18)20/h1-3,8-9,19H,4-7,10-13H2,(H2,22,24). The first-order valence-electron chi connectivity index (χ1n) is 9.13. The van der Waals surface area contributed by atoms with Crippen molar-refractivity contribution in [2.24, 2.45) is 5.73 Å². The van der Waals surface area contributed by atoms with Crippen LogP contribution in [0.3, 0.4) is 0 Å². The Labute approximate surface area is 143 Å². The van der Waals surface area contributed by atoms with Gasteiger partial charge in [-0.1, -0.05) is 30.3 Å². The second-order valence-corrected chi connectivity index (χ2v) is 7.04. The molecule has 1 heterocycles. The quantitative estimate of drug-likeness (QED) is 0.941. The van der Waals surface area contributed by atoms with E-state index in [9.17, 15) is 4.79 Å². The van der Waals surface area contributed by atoms with Crippen LogP contribution in [0.2, 0.25) is 0 Å². The highest BCUT2D eigenvalue weighted by molar-refractivity contribution is 5.86. The zero-order chi connectivity index (χ0) is 16.5. The van der Waals surface area contributed by atoms with Gasteiger partial charge >= 0.3 is 0 Å². The second-order valence-electron chi connectivity index (χ2n) is 7.04. The Morgan fingerprint density at radius 2 is 1.42 bits per heavy atom. The van der Waals surface area contributed by atoms with Crippen molar-refractivity contribution in [3.8, 4) is 0 Å². The summed E-state index contributed by atoms with van der Waals surface area (Å²) in [6, 6.07) is 10.0. The van der Waals surface area contributed by atoms with E-state index >= 15 is 0 Å². The number of nitrogens with zero attached hydrogens (tertiary/aromatic N) is 1. The van der Waals surface area contributed by atoms with E-state index < -0.39 is 0 Å². The van der Waals surface area contributed by atoms with Crippen molar-refractivity contribution >= 4 is 5.91 Å². The predicted molar refractivity (Wildman–Crippen MR) is 95.0 cm³/mol. The Bertz CT molecular complexity index is 733. The molecule has 1 amide bonds. The Hall–Kier alpha value is -2.16. The number of hydrogen-bond acceptors (Lipinski definition) is 2. The molecule has 0 aliphatic heterocycles. The molecule has 3 heteroatoms. The molecule has 24 heavy (non-hydrogen) atoms. The van der Waals surface area contributed by atoms with Gasteiger partial charge in [-0.15, -0.1) is 0 Å². The van der Waals surface area contributed by atoms with Crippen molar-refractivity contribution in [3.05, 3.63) is 64.0 Å². The highest BCUT2D eigenvalue weighted by Gasteiger charge is 2.31. The molecule has 0 spiro atoms. The molecule has 2 aromatic rings. The maximum Gasteiger partial charge on any atom is 0.229 e. The van der Waals surface area contributed by atoms with E-state index in [0.29, 0.717) is 0 Å². The van der Waals surface area contributed by atoms with Crippen LogP contribution in [-0.2, 0) is 30.5 Å². The van der Waals surface area contributed by atoms with Gasteiger partial charge in [0.05, 0.1) is 5.92 Å². The molecule has 1 unspecified atom stereocenters. The zero-order valence-electron chi connectivity index (χ0n) is 14.1. The number of aryl methyl sites for hydroxylation is 2. The topological polar surface area (TPSA) is 56.0 Å². The molecule has 2 aliphatic rings. The van der Waals surface area contributed by atoms with Crippen molar-refractivity contribution in [3.63, 3.8) is 0 Å². The van der Waals surface area contributed by atoms with Gasteiger partial charge in [0.25, 0.3) is 0 Å². The summed E-state index contributed by atoms with van der Waals surface area (Å²) in [5.41, 5.74) is 13.2. The summed E-state index contributed by atoms with van der Waals surface area (Å²) in [5.74, 6) is -0.583. The van der Waals surface area contributed by atoms with Crippen LogP contribution in [0.15, 0.2) is 30.3 Å².